The van der Waals surface area contributed by atoms with Crippen LogP contribution in [-0.4, -0.2) is 16.0 Å². The number of amides is 2. The number of halogens is 2. The number of benzene rings is 2. The summed E-state index contributed by atoms with van der Waals surface area (Å²) in [6, 6.07) is 16.9. The van der Waals surface area contributed by atoms with Gasteiger partial charge in [-0.1, -0.05) is 29.8 Å². The van der Waals surface area contributed by atoms with E-state index in [9.17, 15) is 9.59 Å². The molecule has 3 aromatic rings. The highest BCUT2D eigenvalue weighted by atomic mass is 127. The molecule has 0 N–H and O–H groups in total. The van der Waals surface area contributed by atoms with Crippen molar-refractivity contribution in [3.8, 4) is 11.3 Å². The highest BCUT2D eigenvalue weighted by molar-refractivity contribution is 14.1. The molecule has 0 aliphatic carbocycles. The monoisotopic (exact) mass is 535 g/mol. The molecule has 1 fully saturated rings. The molecule has 146 valence electrons. The summed E-state index contributed by atoms with van der Waals surface area (Å²) in [5, 5.41) is 0.345. The zero-order valence-corrected chi connectivity index (χ0v) is 19.0. The van der Waals surface area contributed by atoms with Crippen LogP contribution in [0.15, 0.2) is 63.9 Å². The van der Waals surface area contributed by atoms with Crippen LogP contribution >= 0.6 is 46.0 Å². The molecule has 0 saturated carbocycles. The Bertz CT molecular complexity index is 1140. The maximum absolute atomic E-state index is 12.7. The Hall–Kier alpha value is -2.03. The highest BCUT2D eigenvalue weighted by Crippen LogP contribution is 2.35. The van der Waals surface area contributed by atoms with Crippen molar-refractivity contribution < 1.29 is 14.0 Å². The average Bonchev–Trinajstić information content (AvgIpc) is 3.26. The number of nitrogens with zero attached hydrogens (tertiary/aromatic N) is 1. The lowest BCUT2D eigenvalue weighted by molar-refractivity contribution is -0.123. The second-order valence-electron chi connectivity index (χ2n) is 6.56. The molecule has 1 aliphatic rings. The van der Waals surface area contributed by atoms with Crippen molar-refractivity contribution in [2.45, 2.75) is 13.5 Å². The third-order valence-corrected chi connectivity index (χ3v) is 6.35. The van der Waals surface area contributed by atoms with Gasteiger partial charge in [-0.25, -0.2) is 0 Å². The van der Waals surface area contributed by atoms with E-state index in [1.54, 1.807) is 12.1 Å². The van der Waals surface area contributed by atoms with Crippen LogP contribution in [0.3, 0.4) is 0 Å². The fraction of sp³-hybridized carbons (Fsp3) is 0.0909. The van der Waals surface area contributed by atoms with Crippen LogP contribution in [-0.2, 0) is 11.3 Å². The molecule has 4 rings (SSSR count). The number of hydrogen-bond donors (Lipinski definition) is 0. The average molecular weight is 536 g/mol. The molecular formula is C22H15ClINO3S. The number of aryl methyl sites for hydroxylation is 1. The minimum Gasteiger partial charge on any atom is -0.457 e. The smallest absolute Gasteiger partial charge is 0.293 e. The zero-order chi connectivity index (χ0) is 20.5. The standard InChI is InChI=1S/C22H15ClINO3S/c1-13-2-5-15(23)10-18(13)19-9-8-17(28-19)11-20-21(26)25(22(27)29-20)12-14-3-6-16(24)7-4-14/h2-11H,12H2,1H3/b20-11-. The number of carbonyl (C=O) groups excluding carboxylic acids is 2. The van der Waals surface area contributed by atoms with Gasteiger partial charge in [0.05, 0.1) is 11.4 Å². The van der Waals surface area contributed by atoms with E-state index in [4.69, 9.17) is 16.0 Å². The van der Waals surface area contributed by atoms with Crippen LogP contribution in [0.5, 0.6) is 0 Å². The van der Waals surface area contributed by atoms with Crippen molar-refractivity contribution in [1.82, 2.24) is 4.90 Å². The summed E-state index contributed by atoms with van der Waals surface area (Å²) in [5.74, 6) is 0.865. The summed E-state index contributed by atoms with van der Waals surface area (Å²) < 4.78 is 6.99. The number of rotatable bonds is 4. The van der Waals surface area contributed by atoms with E-state index < -0.39 is 0 Å². The molecule has 0 unspecified atom stereocenters. The predicted octanol–water partition coefficient (Wildman–Crippen LogP) is 6.75. The summed E-state index contributed by atoms with van der Waals surface area (Å²) in [7, 11) is 0. The lowest BCUT2D eigenvalue weighted by Crippen LogP contribution is -2.27. The minimum atomic E-state index is -0.310. The fourth-order valence-electron chi connectivity index (χ4n) is 2.97. The first-order chi connectivity index (χ1) is 13.9. The van der Waals surface area contributed by atoms with Gasteiger partial charge in [0, 0.05) is 20.2 Å². The molecule has 7 heteroatoms. The molecule has 29 heavy (non-hydrogen) atoms. The van der Waals surface area contributed by atoms with Crippen LogP contribution in [0.4, 0.5) is 4.79 Å². The number of carbonyl (C=O) groups is 2. The SMILES string of the molecule is Cc1ccc(Cl)cc1-c1ccc(/C=C2\SC(=O)N(Cc3ccc(I)cc3)C2=O)o1. The summed E-state index contributed by atoms with van der Waals surface area (Å²) in [6.45, 7) is 2.23. The van der Waals surface area contributed by atoms with Gasteiger partial charge >= 0.3 is 0 Å². The predicted molar refractivity (Wildman–Crippen MR) is 125 cm³/mol. The van der Waals surface area contributed by atoms with Gasteiger partial charge in [0.2, 0.25) is 0 Å². The largest absolute Gasteiger partial charge is 0.457 e. The molecule has 2 aromatic carbocycles. The van der Waals surface area contributed by atoms with Gasteiger partial charge in [-0.05, 0) is 88.8 Å². The molecule has 1 aromatic heterocycles. The Kier molecular flexibility index (Phi) is 5.85. The molecule has 2 amide bonds. The quantitative estimate of drug-likeness (QED) is 0.274. The van der Waals surface area contributed by atoms with Crippen molar-refractivity contribution in [3.05, 3.63) is 85.0 Å². The van der Waals surface area contributed by atoms with Gasteiger partial charge in [-0.15, -0.1) is 0 Å². The van der Waals surface area contributed by atoms with Crippen molar-refractivity contribution in [2.75, 3.05) is 0 Å². The Morgan fingerprint density at radius 2 is 1.86 bits per heavy atom. The van der Waals surface area contributed by atoms with E-state index in [0.717, 1.165) is 32.0 Å². The molecule has 0 radical (unpaired) electrons. The van der Waals surface area contributed by atoms with Gasteiger partial charge in [-0.2, -0.15) is 0 Å². The molecular weight excluding hydrogens is 521 g/mol. The van der Waals surface area contributed by atoms with Gasteiger partial charge in [-0.3, -0.25) is 14.5 Å². The molecule has 0 atom stereocenters. The van der Waals surface area contributed by atoms with E-state index in [1.165, 1.54) is 4.90 Å². The van der Waals surface area contributed by atoms with E-state index in [-0.39, 0.29) is 17.7 Å². The molecule has 1 aliphatic heterocycles. The summed E-state index contributed by atoms with van der Waals surface area (Å²) in [5.41, 5.74) is 2.84. The summed E-state index contributed by atoms with van der Waals surface area (Å²) in [4.78, 5) is 26.7. The van der Waals surface area contributed by atoms with E-state index in [1.807, 2.05) is 55.5 Å². The topological polar surface area (TPSA) is 50.5 Å². The second kappa shape index (κ2) is 8.38. The number of furan rings is 1. The Morgan fingerprint density at radius 3 is 2.62 bits per heavy atom. The number of thioether (sulfide) groups is 1. The Balaban J connectivity index is 1.55. The van der Waals surface area contributed by atoms with Crippen molar-refractivity contribution in [2.24, 2.45) is 0 Å². The summed E-state index contributed by atoms with van der Waals surface area (Å²) >= 11 is 9.23. The summed E-state index contributed by atoms with van der Waals surface area (Å²) in [6.07, 6.45) is 1.61. The fourth-order valence-corrected chi connectivity index (χ4v) is 4.32. The molecule has 4 nitrogen and oxygen atoms in total. The van der Waals surface area contributed by atoms with Gasteiger partial charge < -0.3 is 4.42 Å². The number of hydrogen-bond acceptors (Lipinski definition) is 4. The Labute approximate surface area is 191 Å². The zero-order valence-electron chi connectivity index (χ0n) is 15.3. The first-order valence-electron chi connectivity index (χ1n) is 8.77. The molecule has 1 saturated heterocycles. The van der Waals surface area contributed by atoms with Crippen LogP contribution in [0.25, 0.3) is 17.4 Å². The normalized spacial score (nSPS) is 15.6. The number of imide groups is 1. The molecule has 0 bridgehead atoms. The minimum absolute atomic E-state index is 0.254. The van der Waals surface area contributed by atoms with Crippen molar-refractivity contribution in [3.63, 3.8) is 0 Å². The highest BCUT2D eigenvalue weighted by Gasteiger charge is 2.35. The van der Waals surface area contributed by atoms with Crippen molar-refractivity contribution >= 4 is 63.2 Å². The first-order valence-corrected chi connectivity index (χ1v) is 11.0. The van der Waals surface area contributed by atoms with Gasteiger partial charge in [0.15, 0.2) is 0 Å². The maximum atomic E-state index is 12.7. The van der Waals surface area contributed by atoms with Crippen LogP contribution in [0.1, 0.15) is 16.9 Å². The van der Waals surface area contributed by atoms with Gasteiger partial charge in [0.1, 0.15) is 11.5 Å². The molecule has 2 heterocycles. The van der Waals surface area contributed by atoms with Crippen LogP contribution in [0.2, 0.25) is 5.02 Å². The third kappa shape index (κ3) is 4.44. The van der Waals surface area contributed by atoms with Crippen molar-refractivity contribution in [1.29, 1.82) is 0 Å². The van der Waals surface area contributed by atoms with E-state index in [0.29, 0.717) is 21.4 Å². The van der Waals surface area contributed by atoms with E-state index >= 15 is 0 Å². The maximum Gasteiger partial charge on any atom is 0.293 e. The lowest BCUT2D eigenvalue weighted by Gasteiger charge is -2.12. The Morgan fingerprint density at radius 1 is 1.10 bits per heavy atom. The van der Waals surface area contributed by atoms with Crippen LogP contribution in [0, 0.1) is 10.5 Å². The van der Waals surface area contributed by atoms with E-state index in [2.05, 4.69) is 22.6 Å². The molecule has 0 spiro atoms. The second-order valence-corrected chi connectivity index (χ2v) is 9.23. The first kappa shape index (κ1) is 20.3. The third-order valence-electron chi connectivity index (χ3n) is 4.49. The van der Waals surface area contributed by atoms with Crippen LogP contribution < -0.4 is 0 Å². The lowest BCUT2D eigenvalue weighted by atomic mass is 10.1. The van der Waals surface area contributed by atoms with Gasteiger partial charge in [0.25, 0.3) is 11.1 Å².